The molecule has 0 aliphatic carbocycles. The van der Waals surface area contributed by atoms with Crippen LogP contribution in [0.4, 0.5) is 5.69 Å². The fraction of sp³-hybridized carbons (Fsp3) is 0.176. The van der Waals surface area contributed by atoms with Gasteiger partial charge in [0.2, 0.25) is 6.10 Å². The molecule has 7 nitrogen and oxygen atoms in total. The van der Waals surface area contributed by atoms with Crippen LogP contribution in [0.25, 0.3) is 0 Å². The van der Waals surface area contributed by atoms with Crippen LogP contribution >= 0.6 is 11.6 Å². The molecule has 1 amide bonds. The van der Waals surface area contributed by atoms with Crippen molar-refractivity contribution in [2.45, 2.75) is 6.10 Å². The van der Waals surface area contributed by atoms with Crippen LogP contribution in [-0.4, -0.2) is 35.8 Å². The molecule has 2 aromatic carbocycles. The summed E-state index contributed by atoms with van der Waals surface area (Å²) in [5.41, 5.74) is -0.303. The van der Waals surface area contributed by atoms with Crippen molar-refractivity contribution >= 4 is 29.2 Å². The van der Waals surface area contributed by atoms with Crippen molar-refractivity contribution in [3.05, 3.63) is 74.8 Å². The molecule has 0 aliphatic heterocycles. The monoisotopic (exact) mass is 362 g/mol. The number of ether oxygens (including phenoxy) is 1. The van der Waals surface area contributed by atoms with Crippen LogP contribution in [-0.2, 0) is 9.53 Å². The second-order valence-corrected chi connectivity index (χ2v) is 5.78. The summed E-state index contributed by atoms with van der Waals surface area (Å²) in [6.45, 7) is 0. The molecule has 0 saturated carbocycles. The highest BCUT2D eigenvalue weighted by Crippen LogP contribution is 2.27. The third-order valence-corrected chi connectivity index (χ3v) is 3.60. The Morgan fingerprint density at radius 1 is 1.16 bits per heavy atom. The van der Waals surface area contributed by atoms with Gasteiger partial charge < -0.3 is 9.64 Å². The zero-order chi connectivity index (χ0) is 18.6. The van der Waals surface area contributed by atoms with E-state index < -0.39 is 28.6 Å². The van der Waals surface area contributed by atoms with Gasteiger partial charge in [-0.3, -0.25) is 14.9 Å². The maximum Gasteiger partial charge on any atom is 0.346 e. The van der Waals surface area contributed by atoms with Crippen molar-refractivity contribution in [3.8, 4) is 0 Å². The molecule has 25 heavy (non-hydrogen) atoms. The van der Waals surface area contributed by atoms with Crippen molar-refractivity contribution in [3.63, 3.8) is 0 Å². The van der Waals surface area contributed by atoms with E-state index in [1.165, 1.54) is 25.1 Å². The van der Waals surface area contributed by atoms with E-state index in [9.17, 15) is 19.7 Å². The summed E-state index contributed by atoms with van der Waals surface area (Å²) in [7, 11) is 3.04. The maximum absolute atomic E-state index is 12.5. The van der Waals surface area contributed by atoms with E-state index in [0.717, 1.165) is 12.1 Å². The van der Waals surface area contributed by atoms with E-state index in [4.69, 9.17) is 16.3 Å². The predicted molar refractivity (Wildman–Crippen MR) is 91.4 cm³/mol. The third kappa shape index (κ3) is 4.33. The molecule has 0 heterocycles. The minimum absolute atomic E-state index is 0.146. The molecular weight excluding hydrogens is 348 g/mol. The highest BCUT2D eigenvalue weighted by Gasteiger charge is 2.30. The molecule has 0 saturated heterocycles. The van der Waals surface area contributed by atoms with Crippen LogP contribution in [0.15, 0.2) is 48.5 Å². The van der Waals surface area contributed by atoms with Gasteiger partial charge in [-0.25, -0.2) is 4.79 Å². The normalized spacial score (nSPS) is 11.5. The molecule has 1 atom stereocenters. The van der Waals surface area contributed by atoms with E-state index in [0.29, 0.717) is 5.56 Å². The largest absolute Gasteiger partial charge is 0.443 e. The Morgan fingerprint density at radius 3 is 2.36 bits per heavy atom. The van der Waals surface area contributed by atoms with Gasteiger partial charge >= 0.3 is 5.97 Å². The van der Waals surface area contributed by atoms with E-state index in [2.05, 4.69) is 0 Å². The molecule has 0 aromatic heterocycles. The number of hydrogen-bond donors (Lipinski definition) is 0. The minimum Gasteiger partial charge on any atom is -0.443 e. The molecule has 0 N–H and O–H groups in total. The number of amides is 1. The van der Waals surface area contributed by atoms with Crippen LogP contribution in [0.3, 0.4) is 0 Å². The first-order valence-corrected chi connectivity index (χ1v) is 7.60. The molecule has 130 valence electrons. The fourth-order valence-electron chi connectivity index (χ4n) is 2.12. The number of hydrogen-bond acceptors (Lipinski definition) is 5. The summed E-state index contributed by atoms with van der Waals surface area (Å²) >= 11 is 5.83. The Kier molecular flexibility index (Phi) is 5.71. The van der Waals surface area contributed by atoms with Crippen molar-refractivity contribution in [1.29, 1.82) is 0 Å². The smallest absolute Gasteiger partial charge is 0.346 e. The van der Waals surface area contributed by atoms with Crippen molar-refractivity contribution in [1.82, 2.24) is 4.90 Å². The molecule has 2 rings (SSSR count). The van der Waals surface area contributed by atoms with Crippen molar-refractivity contribution < 1.29 is 19.2 Å². The highest BCUT2D eigenvalue weighted by atomic mass is 35.5. The van der Waals surface area contributed by atoms with Crippen molar-refractivity contribution in [2.24, 2.45) is 0 Å². The maximum atomic E-state index is 12.5. The number of nitro benzene ring substituents is 1. The molecular formula is C17H15ClN2O5. The SMILES string of the molecule is CN(C)C(=O)[C@H](OC(=O)c1cc(Cl)ccc1[N+](=O)[O-])c1ccccc1. The van der Waals surface area contributed by atoms with E-state index in [-0.39, 0.29) is 10.6 Å². The third-order valence-electron chi connectivity index (χ3n) is 3.37. The Balaban J connectivity index is 2.40. The highest BCUT2D eigenvalue weighted by molar-refractivity contribution is 6.31. The Labute approximate surface area is 148 Å². The average Bonchev–Trinajstić information content (AvgIpc) is 2.59. The predicted octanol–water partition coefficient (Wildman–Crippen LogP) is 3.23. The molecule has 0 radical (unpaired) electrons. The molecule has 0 aliphatic rings. The number of nitro groups is 1. The zero-order valence-electron chi connectivity index (χ0n) is 13.5. The van der Waals surface area contributed by atoms with Gasteiger partial charge in [0.25, 0.3) is 11.6 Å². The van der Waals surface area contributed by atoms with Gasteiger partial charge in [-0.05, 0) is 12.1 Å². The fourth-order valence-corrected chi connectivity index (χ4v) is 2.30. The first-order valence-electron chi connectivity index (χ1n) is 7.22. The van der Waals surface area contributed by atoms with Crippen molar-refractivity contribution in [2.75, 3.05) is 14.1 Å². The Bertz CT molecular complexity index is 808. The number of nitrogens with zero attached hydrogens (tertiary/aromatic N) is 2. The summed E-state index contributed by atoms with van der Waals surface area (Å²) in [6.07, 6.45) is -1.22. The zero-order valence-corrected chi connectivity index (χ0v) is 14.3. The molecule has 0 bridgehead atoms. The number of rotatable bonds is 5. The minimum atomic E-state index is -1.22. The van der Waals surface area contributed by atoms with Crippen LogP contribution < -0.4 is 0 Å². The standard InChI is InChI=1S/C17H15ClN2O5/c1-19(2)16(21)15(11-6-4-3-5-7-11)25-17(22)13-10-12(18)8-9-14(13)20(23)24/h3-10,15H,1-2H3/t15-/m1/s1. The lowest BCUT2D eigenvalue weighted by Gasteiger charge is -2.21. The van der Waals surface area contributed by atoms with Crippen LogP contribution in [0.5, 0.6) is 0 Å². The van der Waals surface area contributed by atoms with Gasteiger partial charge in [-0.1, -0.05) is 41.9 Å². The quantitative estimate of drug-likeness (QED) is 0.462. The lowest BCUT2D eigenvalue weighted by molar-refractivity contribution is -0.385. The van der Waals surface area contributed by atoms with Gasteiger partial charge in [0.1, 0.15) is 5.56 Å². The Hall–Kier alpha value is -2.93. The summed E-state index contributed by atoms with van der Waals surface area (Å²) < 4.78 is 5.30. The van der Waals surface area contributed by atoms with Gasteiger partial charge in [-0.2, -0.15) is 0 Å². The van der Waals surface area contributed by atoms with E-state index >= 15 is 0 Å². The number of carbonyl (C=O) groups excluding carboxylic acids is 2. The molecule has 0 spiro atoms. The first-order chi connectivity index (χ1) is 11.8. The summed E-state index contributed by atoms with van der Waals surface area (Å²) in [4.78, 5) is 36.5. The second kappa shape index (κ2) is 7.76. The number of esters is 1. The van der Waals surface area contributed by atoms with E-state index in [1.807, 2.05) is 0 Å². The molecule has 2 aromatic rings. The van der Waals surface area contributed by atoms with Gasteiger partial charge in [0.05, 0.1) is 4.92 Å². The summed E-state index contributed by atoms with van der Waals surface area (Å²) in [6, 6.07) is 12.0. The Morgan fingerprint density at radius 2 is 1.80 bits per heavy atom. The first kappa shape index (κ1) is 18.4. The lowest BCUT2D eigenvalue weighted by atomic mass is 10.1. The summed E-state index contributed by atoms with van der Waals surface area (Å²) in [5, 5.41) is 11.3. The molecule has 0 fully saturated rings. The van der Waals surface area contributed by atoms with E-state index in [1.54, 1.807) is 30.3 Å². The number of carbonyl (C=O) groups is 2. The number of likely N-dealkylation sites (N-methyl/N-ethyl adjacent to an activating group) is 1. The lowest BCUT2D eigenvalue weighted by Crippen LogP contribution is -2.31. The van der Waals surface area contributed by atoms with Crippen LogP contribution in [0.1, 0.15) is 22.0 Å². The van der Waals surface area contributed by atoms with Crippen LogP contribution in [0.2, 0.25) is 5.02 Å². The topological polar surface area (TPSA) is 89.8 Å². The molecule has 0 unspecified atom stereocenters. The number of halogens is 1. The van der Waals surface area contributed by atoms with Gasteiger partial charge in [0.15, 0.2) is 0 Å². The summed E-state index contributed by atoms with van der Waals surface area (Å²) in [5.74, 6) is -1.47. The van der Waals surface area contributed by atoms with Gasteiger partial charge in [-0.15, -0.1) is 0 Å². The van der Waals surface area contributed by atoms with Crippen LogP contribution in [0, 0.1) is 10.1 Å². The van der Waals surface area contributed by atoms with Gasteiger partial charge in [0, 0.05) is 30.7 Å². The molecule has 8 heteroatoms. The number of benzene rings is 2. The second-order valence-electron chi connectivity index (χ2n) is 5.35. The average molecular weight is 363 g/mol.